The average Bonchev–Trinajstić information content (AvgIpc) is 3.67. The van der Waals surface area contributed by atoms with Crippen LogP contribution in [0.5, 0.6) is 0 Å². The number of nitrogen functional groups attached to an aromatic ring is 1. The maximum absolute atomic E-state index is 12.5. The van der Waals surface area contributed by atoms with Crippen molar-refractivity contribution in [3.8, 4) is 22.5 Å². The second kappa shape index (κ2) is 10.1. The number of nitrogens with zero attached hydrogens (tertiary/aromatic N) is 4. The molecule has 4 heterocycles. The molecule has 0 radical (unpaired) electrons. The normalized spacial score (nSPS) is 17.9. The summed E-state index contributed by atoms with van der Waals surface area (Å²) in [6.45, 7) is 2.79. The number of thiazole rings is 1. The van der Waals surface area contributed by atoms with Crippen LogP contribution in [0.4, 0.5) is 24.1 Å². The minimum Gasteiger partial charge on any atom is -0.456 e. The first-order valence-electron chi connectivity index (χ1n) is 12.9. The number of rotatable bonds is 6. The number of hydrogen-bond donors (Lipinski definition) is 2. The van der Waals surface area contributed by atoms with Gasteiger partial charge in [0.05, 0.1) is 22.5 Å². The number of nitrogens with two attached hydrogens (primary N) is 1. The number of ether oxygens (including phenoxy) is 1. The highest BCUT2D eigenvalue weighted by Gasteiger charge is 2.42. The third kappa shape index (κ3) is 4.85. The molecule has 0 amide bonds. The number of benzene rings is 1. The maximum Gasteiger partial charge on any atom is 0.490 e. The first-order chi connectivity index (χ1) is 19.2. The van der Waals surface area contributed by atoms with Crippen molar-refractivity contribution >= 4 is 49.4 Å². The summed E-state index contributed by atoms with van der Waals surface area (Å²) in [5.74, 6) is -1.22. The predicted molar refractivity (Wildman–Crippen MR) is 146 cm³/mol. The minimum absolute atomic E-state index is 0.0263. The number of hydrogen-bond acceptors (Lipinski definition) is 9. The van der Waals surface area contributed by atoms with Gasteiger partial charge in [0.15, 0.2) is 16.5 Å². The molecule has 0 bridgehead atoms. The third-order valence-corrected chi connectivity index (χ3v) is 8.09. The van der Waals surface area contributed by atoms with E-state index in [1.165, 1.54) is 0 Å². The maximum atomic E-state index is 12.5. The van der Waals surface area contributed by atoms with Crippen LogP contribution >= 0.6 is 11.3 Å². The van der Waals surface area contributed by atoms with E-state index in [0.717, 1.165) is 44.0 Å². The molecule has 9 nitrogen and oxygen atoms in total. The van der Waals surface area contributed by atoms with Crippen molar-refractivity contribution in [2.24, 2.45) is 0 Å². The monoisotopic (exact) mass is 570 g/mol. The zero-order valence-corrected chi connectivity index (χ0v) is 22.2. The zero-order valence-electron chi connectivity index (χ0n) is 21.4. The predicted octanol–water partition coefficient (Wildman–Crippen LogP) is 6.57. The molecule has 6 rings (SSSR count). The van der Waals surface area contributed by atoms with Crippen LogP contribution in [0.25, 0.3) is 43.6 Å². The second-order valence-electron chi connectivity index (χ2n) is 9.66. The number of esters is 1. The van der Waals surface area contributed by atoms with Gasteiger partial charge in [-0.1, -0.05) is 17.4 Å². The van der Waals surface area contributed by atoms with Crippen LogP contribution in [0.2, 0.25) is 0 Å². The number of nitrogens with one attached hydrogen (secondary N) is 1. The van der Waals surface area contributed by atoms with Crippen LogP contribution in [0.15, 0.2) is 47.3 Å². The lowest BCUT2D eigenvalue weighted by Gasteiger charge is -2.28. The molecule has 0 atom stereocenters. The number of alkyl halides is 3. The average molecular weight is 571 g/mol. The van der Waals surface area contributed by atoms with Crippen LogP contribution in [0.3, 0.4) is 0 Å². The SMILES string of the molecule is CCNc1nc2cccc(-c3cc4c(-c5cnn(C6CCC(OC(=O)C(F)(F)F)CC6)c5)cnc(N)c4o3)c2s1. The summed E-state index contributed by atoms with van der Waals surface area (Å²) in [5, 5.41) is 9.41. The van der Waals surface area contributed by atoms with E-state index in [2.05, 4.69) is 25.1 Å². The molecule has 208 valence electrons. The number of aromatic nitrogens is 4. The van der Waals surface area contributed by atoms with Crippen molar-refractivity contribution in [2.45, 2.75) is 50.9 Å². The molecule has 0 unspecified atom stereocenters. The molecule has 1 fully saturated rings. The van der Waals surface area contributed by atoms with Crippen molar-refractivity contribution in [3.05, 3.63) is 42.9 Å². The highest BCUT2D eigenvalue weighted by Crippen LogP contribution is 2.41. The Balaban J connectivity index is 1.26. The zero-order chi connectivity index (χ0) is 28.0. The largest absolute Gasteiger partial charge is 0.490 e. The summed E-state index contributed by atoms with van der Waals surface area (Å²) in [6.07, 6.45) is 1.30. The van der Waals surface area contributed by atoms with Crippen LogP contribution in [-0.4, -0.2) is 44.5 Å². The molecule has 1 aromatic carbocycles. The fourth-order valence-electron chi connectivity index (χ4n) is 5.10. The molecule has 0 saturated heterocycles. The fraction of sp³-hybridized carbons (Fsp3) is 0.333. The van der Waals surface area contributed by atoms with E-state index >= 15 is 0 Å². The highest BCUT2D eigenvalue weighted by atomic mass is 32.1. The molecule has 5 aromatic rings. The van der Waals surface area contributed by atoms with Gasteiger partial charge in [0.25, 0.3) is 0 Å². The smallest absolute Gasteiger partial charge is 0.456 e. The molecule has 1 aliphatic carbocycles. The minimum atomic E-state index is -4.98. The van der Waals surface area contributed by atoms with Gasteiger partial charge in [0, 0.05) is 41.0 Å². The van der Waals surface area contributed by atoms with Gasteiger partial charge >= 0.3 is 12.1 Å². The Labute approximate surface area is 230 Å². The first-order valence-corrected chi connectivity index (χ1v) is 13.7. The third-order valence-electron chi connectivity index (χ3n) is 7.03. The number of pyridine rings is 1. The van der Waals surface area contributed by atoms with Gasteiger partial charge in [-0.25, -0.2) is 14.8 Å². The van der Waals surface area contributed by atoms with Crippen molar-refractivity contribution in [2.75, 3.05) is 17.6 Å². The van der Waals surface area contributed by atoms with Gasteiger partial charge in [-0.3, -0.25) is 4.68 Å². The van der Waals surface area contributed by atoms with E-state index in [1.807, 2.05) is 37.4 Å². The van der Waals surface area contributed by atoms with E-state index in [-0.39, 0.29) is 11.9 Å². The molecule has 4 aromatic heterocycles. The van der Waals surface area contributed by atoms with E-state index in [9.17, 15) is 18.0 Å². The van der Waals surface area contributed by atoms with E-state index in [0.29, 0.717) is 37.0 Å². The first kappa shape index (κ1) is 26.1. The molecule has 1 saturated carbocycles. The van der Waals surface area contributed by atoms with Gasteiger partial charge in [-0.15, -0.1) is 0 Å². The Bertz CT molecular complexity index is 1700. The van der Waals surface area contributed by atoms with Crippen LogP contribution in [0, 0.1) is 0 Å². The lowest BCUT2D eigenvalue weighted by atomic mass is 9.93. The Hall–Kier alpha value is -4.13. The van der Waals surface area contributed by atoms with Gasteiger partial charge in [0.1, 0.15) is 11.9 Å². The number of anilines is 2. The number of furan rings is 1. The molecule has 1 aliphatic rings. The van der Waals surface area contributed by atoms with Crippen molar-refractivity contribution in [1.82, 2.24) is 19.7 Å². The molecular weight excluding hydrogens is 545 g/mol. The molecule has 3 N–H and O–H groups in total. The quantitative estimate of drug-likeness (QED) is 0.220. The summed E-state index contributed by atoms with van der Waals surface area (Å²) in [7, 11) is 0. The summed E-state index contributed by atoms with van der Waals surface area (Å²) in [6, 6.07) is 7.80. The summed E-state index contributed by atoms with van der Waals surface area (Å²) in [4.78, 5) is 20.2. The molecule has 0 aliphatic heterocycles. The summed E-state index contributed by atoms with van der Waals surface area (Å²) < 4.78 is 51.2. The molecule has 40 heavy (non-hydrogen) atoms. The topological polar surface area (TPSA) is 121 Å². The number of carbonyl (C=O) groups is 1. The van der Waals surface area contributed by atoms with E-state index < -0.39 is 18.2 Å². The van der Waals surface area contributed by atoms with Gasteiger partial charge in [0.2, 0.25) is 0 Å². The Morgan fingerprint density at radius 2 is 2.02 bits per heavy atom. The Kier molecular flexibility index (Phi) is 6.61. The number of halogens is 3. The van der Waals surface area contributed by atoms with Gasteiger partial charge in [-0.2, -0.15) is 18.3 Å². The van der Waals surface area contributed by atoms with Crippen LogP contribution in [0.1, 0.15) is 38.6 Å². The molecule has 0 spiro atoms. The second-order valence-corrected chi connectivity index (χ2v) is 10.7. The standard InChI is InChI=1S/C27H25F3N6O3S/c1-2-32-26-35-20-5-3-4-17(23(20)40-26)21-10-18-19(12-33-24(31)22(18)39-21)14-11-34-36(13-14)15-6-8-16(9-7-15)38-25(37)27(28,29)30/h3-5,10-13,15-16H,2,6-9H2,1H3,(H2,31,33)(H,32,35). The van der Waals surface area contributed by atoms with Gasteiger partial charge < -0.3 is 20.2 Å². The van der Waals surface area contributed by atoms with Gasteiger partial charge in [-0.05, 0) is 50.8 Å². The van der Waals surface area contributed by atoms with Crippen LogP contribution < -0.4 is 11.1 Å². The van der Waals surface area contributed by atoms with E-state index in [1.54, 1.807) is 28.4 Å². The summed E-state index contributed by atoms with van der Waals surface area (Å²) in [5.41, 5.74) is 10.0. The fourth-order valence-corrected chi connectivity index (χ4v) is 6.15. The lowest BCUT2D eigenvalue weighted by molar-refractivity contribution is -0.206. The molecular formula is C27H25F3N6O3S. The number of carbonyl (C=O) groups excluding carboxylic acids is 1. The van der Waals surface area contributed by atoms with E-state index in [4.69, 9.17) is 10.2 Å². The molecule has 13 heteroatoms. The highest BCUT2D eigenvalue weighted by molar-refractivity contribution is 7.22. The number of fused-ring (bicyclic) bond motifs is 2. The summed E-state index contributed by atoms with van der Waals surface area (Å²) >= 11 is 1.56. The Morgan fingerprint density at radius 3 is 2.77 bits per heavy atom. The van der Waals surface area contributed by atoms with Crippen molar-refractivity contribution < 1.29 is 27.1 Å². The van der Waals surface area contributed by atoms with Crippen molar-refractivity contribution in [3.63, 3.8) is 0 Å². The lowest BCUT2D eigenvalue weighted by Crippen LogP contribution is -2.32. The Morgan fingerprint density at radius 1 is 1.23 bits per heavy atom. The van der Waals surface area contributed by atoms with Crippen molar-refractivity contribution in [1.29, 1.82) is 0 Å². The van der Waals surface area contributed by atoms with Crippen LogP contribution in [-0.2, 0) is 9.53 Å².